The van der Waals surface area contributed by atoms with E-state index < -0.39 is 0 Å². The molecule has 0 unspecified atom stereocenters. The molecule has 0 saturated carbocycles. The highest BCUT2D eigenvalue weighted by Crippen LogP contribution is 2.27. The molecule has 2 heterocycles. The highest BCUT2D eigenvalue weighted by atomic mass is 16.1. The average Bonchev–Trinajstić information content (AvgIpc) is 2.63. The van der Waals surface area contributed by atoms with Crippen LogP contribution in [0.5, 0.6) is 0 Å². The third-order valence-electron chi connectivity index (χ3n) is 4.60. The minimum Gasteiger partial charge on any atom is -0.326 e. The predicted molar refractivity (Wildman–Crippen MR) is 92.0 cm³/mol. The summed E-state index contributed by atoms with van der Waals surface area (Å²) in [5.74, 6) is 0.177. The number of rotatable bonds is 4. The maximum atomic E-state index is 12.5. The fourth-order valence-electron chi connectivity index (χ4n) is 3.19. The Balaban J connectivity index is 1.63. The summed E-state index contributed by atoms with van der Waals surface area (Å²) in [7, 11) is 0. The first-order valence-corrected chi connectivity index (χ1v) is 8.24. The van der Waals surface area contributed by atoms with E-state index in [9.17, 15) is 4.79 Å². The van der Waals surface area contributed by atoms with Gasteiger partial charge in [0.05, 0.1) is 5.92 Å². The SMILES string of the molecule is C[C@@H](c1ccncc1)N1CCC[C@@H](C(=O)Nc2ccccc2)C1. The van der Waals surface area contributed by atoms with E-state index in [-0.39, 0.29) is 11.8 Å². The topological polar surface area (TPSA) is 45.2 Å². The number of benzene rings is 1. The van der Waals surface area contributed by atoms with Crippen LogP contribution in [-0.2, 0) is 4.79 Å². The molecular formula is C19H23N3O. The molecule has 3 rings (SSSR count). The van der Waals surface area contributed by atoms with Gasteiger partial charge in [0.15, 0.2) is 0 Å². The van der Waals surface area contributed by atoms with Crippen LogP contribution in [0.15, 0.2) is 54.9 Å². The largest absolute Gasteiger partial charge is 0.326 e. The second kappa shape index (κ2) is 7.38. The van der Waals surface area contributed by atoms with Gasteiger partial charge in [0.1, 0.15) is 0 Å². The Hall–Kier alpha value is -2.20. The number of anilines is 1. The number of carbonyl (C=O) groups excluding carboxylic acids is 1. The summed E-state index contributed by atoms with van der Waals surface area (Å²) in [4.78, 5) is 19.0. The third kappa shape index (κ3) is 3.96. The summed E-state index contributed by atoms with van der Waals surface area (Å²) >= 11 is 0. The Morgan fingerprint density at radius 3 is 2.70 bits per heavy atom. The fourth-order valence-corrected chi connectivity index (χ4v) is 3.19. The number of hydrogen-bond donors (Lipinski definition) is 1. The lowest BCUT2D eigenvalue weighted by Crippen LogP contribution is -2.41. The Labute approximate surface area is 137 Å². The van der Waals surface area contributed by atoms with E-state index in [1.54, 1.807) is 0 Å². The zero-order valence-corrected chi connectivity index (χ0v) is 13.5. The van der Waals surface area contributed by atoms with Gasteiger partial charge < -0.3 is 5.32 Å². The van der Waals surface area contributed by atoms with Crippen LogP contribution in [0, 0.1) is 5.92 Å². The minimum atomic E-state index is 0.0493. The van der Waals surface area contributed by atoms with Crippen molar-refractivity contribution >= 4 is 11.6 Å². The molecule has 120 valence electrons. The molecule has 23 heavy (non-hydrogen) atoms. The maximum Gasteiger partial charge on any atom is 0.228 e. The van der Waals surface area contributed by atoms with E-state index >= 15 is 0 Å². The molecule has 1 fully saturated rings. The van der Waals surface area contributed by atoms with Crippen LogP contribution in [0.1, 0.15) is 31.4 Å². The molecule has 1 aromatic carbocycles. The van der Waals surface area contributed by atoms with Crippen LogP contribution < -0.4 is 5.32 Å². The van der Waals surface area contributed by atoms with E-state index in [4.69, 9.17) is 0 Å². The van der Waals surface area contributed by atoms with Crippen molar-refractivity contribution in [3.05, 3.63) is 60.4 Å². The van der Waals surface area contributed by atoms with E-state index in [2.05, 4.69) is 34.3 Å². The average molecular weight is 309 g/mol. The van der Waals surface area contributed by atoms with Gasteiger partial charge in [0, 0.05) is 30.7 Å². The van der Waals surface area contributed by atoms with Crippen LogP contribution in [0.4, 0.5) is 5.69 Å². The number of nitrogens with zero attached hydrogens (tertiary/aromatic N) is 2. The molecule has 0 radical (unpaired) electrons. The zero-order chi connectivity index (χ0) is 16.1. The first-order chi connectivity index (χ1) is 11.2. The molecule has 2 atom stereocenters. The van der Waals surface area contributed by atoms with Crippen molar-refractivity contribution in [2.45, 2.75) is 25.8 Å². The molecule has 0 aliphatic carbocycles. The van der Waals surface area contributed by atoms with Gasteiger partial charge in [-0.15, -0.1) is 0 Å². The number of aromatic nitrogens is 1. The quantitative estimate of drug-likeness (QED) is 0.940. The van der Waals surface area contributed by atoms with Crippen molar-refractivity contribution in [3.63, 3.8) is 0 Å². The standard InChI is InChI=1S/C19H23N3O/c1-15(16-9-11-20-12-10-16)22-13-5-6-17(14-22)19(23)21-18-7-3-2-4-8-18/h2-4,7-12,15,17H,5-6,13-14H2,1H3,(H,21,23)/t15-,17+/m0/s1. The zero-order valence-electron chi connectivity index (χ0n) is 13.5. The summed E-state index contributed by atoms with van der Waals surface area (Å²) in [5, 5.41) is 3.04. The first kappa shape index (κ1) is 15.7. The number of likely N-dealkylation sites (tertiary alicyclic amines) is 1. The Morgan fingerprint density at radius 2 is 1.96 bits per heavy atom. The molecule has 1 N–H and O–H groups in total. The smallest absolute Gasteiger partial charge is 0.228 e. The van der Waals surface area contributed by atoms with Crippen molar-refractivity contribution in [1.82, 2.24) is 9.88 Å². The van der Waals surface area contributed by atoms with Crippen LogP contribution >= 0.6 is 0 Å². The van der Waals surface area contributed by atoms with Crippen LogP contribution in [0.3, 0.4) is 0 Å². The first-order valence-electron chi connectivity index (χ1n) is 8.24. The fraction of sp³-hybridized carbons (Fsp3) is 0.368. The molecule has 0 spiro atoms. The van der Waals surface area contributed by atoms with Crippen LogP contribution in [0.2, 0.25) is 0 Å². The normalized spacial score (nSPS) is 20.0. The lowest BCUT2D eigenvalue weighted by molar-refractivity contribution is -0.121. The maximum absolute atomic E-state index is 12.5. The van der Waals surface area contributed by atoms with Gasteiger partial charge in [-0.2, -0.15) is 0 Å². The molecule has 4 heteroatoms. The van der Waals surface area contributed by atoms with Gasteiger partial charge in [-0.05, 0) is 56.1 Å². The molecule has 1 aromatic heterocycles. The number of pyridine rings is 1. The summed E-state index contributed by atoms with van der Waals surface area (Å²) in [5.41, 5.74) is 2.13. The molecule has 1 aliphatic heterocycles. The highest BCUT2D eigenvalue weighted by molar-refractivity contribution is 5.92. The molecule has 1 amide bonds. The minimum absolute atomic E-state index is 0.0493. The van der Waals surface area contributed by atoms with Gasteiger partial charge in [-0.1, -0.05) is 18.2 Å². The monoisotopic (exact) mass is 309 g/mol. The number of amides is 1. The number of carbonyl (C=O) groups is 1. The summed E-state index contributed by atoms with van der Waals surface area (Å²) in [6.45, 7) is 4.05. The number of nitrogens with one attached hydrogen (secondary N) is 1. The van der Waals surface area contributed by atoms with Gasteiger partial charge in [-0.25, -0.2) is 0 Å². The molecule has 2 aromatic rings. The van der Waals surface area contributed by atoms with Crippen molar-refractivity contribution in [2.75, 3.05) is 18.4 Å². The van der Waals surface area contributed by atoms with Crippen LogP contribution in [-0.4, -0.2) is 28.9 Å². The summed E-state index contributed by atoms with van der Waals surface area (Å²) in [6, 6.07) is 14.1. The van der Waals surface area contributed by atoms with Gasteiger partial charge in [-0.3, -0.25) is 14.7 Å². The van der Waals surface area contributed by atoms with Crippen molar-refractivity contribution in [3.8, 4) is 0 Å². The molecule has 1 aliphatic rings. The number of para-hydroxylation sites is 1. The Bertz CT molecular complexity index is 630. The van der Waals surface area contributed by atoms with E-state index in [0.29, 0.717) is 6.04 Å². The third-order valence-corrected chi connectivity index (χ3v) is 4.60. The highest BCUT2D eigenvalue weighted by Gasteiger charge is 2.28. The lowest BCUT2D eigenvalue weighted by atomic mass is 9.94. The van der Waals surface area contributed by atoms with E-state index in [0.717, 1.165) is 31.6 Å². The summed E-state index contributed by atoms with van der Waals surface area (Å²) in [6.07, 6.45) is 5.67. The number of piperidine rings is 1. The van der Waals surface area contributed by atoms with Crippen molar-refractivity contribution < 1.29 is 4.79 Å². The Morgan fingerprint density at radius 1 is 1.22 bits per heavy atom. The molecule has 4 nitrogen and oxygen atoms in total. The Kier molecular flexibility index (Phi) is 5.03. The molecule has 0 bridgehead atoms. The van der Waals surface area contributed by atoms with E-state index in [1.807, 2.05) is 42.7 Å². The van der Waals surface area contributed by atoms with Crippen LogP contribution in [0.25, 0.3) is 0 Å². The lowest BCUT2D eigenvalue weighted by Gasteiger charge is -2.36. The molecule has 1 saturated heterocycles. The number of hydrogen-bond acceptors (Lipinski definition) is 3. The van der Waals surface area contributed by atoms with Gasteiger partial charge in [0.2, 0.25) is 5.91 Å². The van der Waals surface area contributed by atoms with Gasteiger partial charge >= 0.3 is 0 Å². The van der Waals surface area contributed by atoms with E-state index in [1.165, 1.54) is 5.56 Å². The summed E-state index contributed by atoms with van der Waals surface area (Å²) < 4.78 is 0. The predicted octanol–water partition coefficient (Wildman–Crippen LogP) is 3.49. The molecular weight excluding hydrogens is 286 g/mol. The van der Waals surface area contributed by atoms with Gasteiger partial charge in [0.25, 0.3) is 0 Å². The second-order valence-corrected chi connectivity index (χ2v) is 6.15. The van der Waals surface area contributed by atoms with Crippen molar-refractivity contribution in [1.29, 1.82) is 0 Å². The second-order valence-electron chi connectivity index (χ2n) is 6.15. The van der Waals surface area contributed by atoms with Crippen molar-refractivity contribution in [2.24, 2.45) is 5.92 Å².